The largest absolute Gasteiger partial charge is 0.490 e. The van der Waals surface area contributed by atoms with Gasteiger partial charge < -0.3 is 24.2 Å². The van der Waals surface area contributed by atoms with E-state index in [-0.39, 0.29) is 5.91 Å². The second kappa shape index (κ2) is 7.34. The van der Waals surface area contributed by atoms with Crippen molar-refractivity contribution in [1.82, 2.24) is 9.88 Å². The van der Waals surface area contributed by atoms with Gasteiger partial charge in [-0.2, -0.15) is 0 Å². The number of benzene rings is 1. The number of pyridine rings is 1. The van der Waals surface area contributed by atoms with E-state index in [1.54, 1.807) is 7.11 Å². The lowest BCUT2D eigenvalue weighted by atomic mass is 10.1. The molecule has 7 heteroatoms. The zero-order valence-electron chi connectivity index (χ0n) is 15.7. The first kappa shape index (κ1) is 17.5. The molecular formula is C20H24N4O3. The fourth-order valence-electron chi connectivity index (χ4n) is 3.52. The lowest BCUT2D eigenvalue weighted by molar-refractivity contribution is 0.0746. The fourth-order valence-corrected chi connectivity index (χ4v) is 3.52. The summed E-state index contributed by atoms with van der Waals surface area (Å²) < 4.78 is 10.8. The third-order valence-electron chi connectivity index (χ3n) is 5.16. The summed E-state index contributed by atoms with van der Waals surface area (Å²) in [7, 11) is 3.65. The summed E-state index contributed by atoms with van der Waals surface area (Å²) in [6.07, 6.45) is 1.81. The molecule has 27 heavy (non-hydrogen) atoms. The van der Waals surface area contributed by atoms with Crippen molar-refractivity contribution in [1.29, 1.82) is 0 Å². The molecule has 1 fully saturated rings. The van der Waals surface area contributed by atoms with E-state index in [0.29, 0.717) is 31.1 Å². The molecule has 7 nitrogen and oxygen atoms in total. The number of hydrogen-bond donors (Lipinski definition) is 0. The molecule has 1 aromatic carbocycles. The molecule has 1 amide bonds. The summed E-state index contributed by atoms with van der Waals surface area (Å²) in [5, 5.41) is 0. The molecule has 4 rings (SSSR count). The monoisotopic (exact) mass is 368 g/mol. The lowest BCUT2D eigenvalue weighted by Gasteiger charge is -2.36. The van der Waals surface area contributed by atoms with E-state index in [0.717, 1.165) is 36.8 Å². The van der Waals surface area contributed by atoms with Crippen molar-refractivity contribution >= 4 is 17.3 Å². The number of likely N-dealkylation sites (N-methyl/N-ethyl adjacent to an activating group) is 1. The minimum atomic E-state index is 0.0575. The van der Waals surface area contributed by atoms with Gasteiger partial charge in [-0.1, -0.05) is 0 Å². The molecule has 0 bridgehead atoms. The number of fused-ring (bicyclic) bond motifs is 1. The van der Waals surface area contributed by atoms with Gasteiger partial charge in [0.1, 0.15) is 12.4 Å². The van der Waals surface area contributed by atoms with E-state index in [4.69, 9.17) is 9.47 Å². The Labute approximate surface area is 159 Å². The van der Waals surface area contributed by atoms with Gasteiger partial charge >= 0.3 is 0 Å². The number of hydrogen-bond acceptors (Lipinski definition) is 6. The maximum atomic E-state index is 12.9. The maximum absolute atomic E-state index is 12.9. The molecule has 2 aliphatic heterocycles. The van der Waals surface area contributed by atoms with Crippen LogP contribution in [-0.2, 0) is 0 Å². The Balaban J connectivity index is 1.41. The summed E-state index contributed by atoms with van der Waals surface area (Å²) in [6.45, 7) is 4.44. The second-order valence-corrected chi connectivity index (χ2v) is 6.79. The van der Waals surface area contributed by atoms with Crippen LogP contribution in [0.5, 0.6) is 11.6 Å². The molecule has 0 aliphatic carbocycles. The minimum absolute atomic E-state index is 0.0575. The molecule has 0 unspecified atom stereocenters. The van der Waals surface area contributed by atoms with Crippen molar-refractivity contribution in [2.24, 2.45) is 0 Å². The van der Waals surface area contributed by atoms with Crippen LogP contribution in [0.2, 0.25) is 0 Å². The molecule has 1 aromatic heterocycles. The smallest absolute Gasteiger partial charge is 0.254 e. The number of carbonyl (C=O) groups is 1. The van der Waals surface area contributed by atoms with Gasteiger partial charge in [0, 0.05) is 44.9 Å². The van der Waals surface area contributed by atoms with Gasteiger partial charge in [-0.15, -0.1) is 0 Å². The van der Waals surface area contributed by atoms with Gasteiger partial charge in [0.05, 0.1) is 31.2 Å². The second-order valence-electron chi connectivity index (χ2n) is 6.79. The first-order chi connectivity index (χ1) is 13.2. The average Bonchev–Trinajstić information content (AvgIpc) is 2.73. The molecule has 2 aliphatic rings. The van der Waals surface area contributed by atoms with Crippen molar-refractivity contribution in [3.63, 3.8) is 0 Å². The Hall–Kier alpha value is -2.96. The van der Waals surface area contributed by atoms with E-state index in [1.807, 2.05) is 48.5 Å². The minimum Gasteiger partial charge on any atom is -0.490 e. The highest BCUT2D eigenvalue weighted by molar-refractivity contribution is 5.95. The van der Waals surface area contributed by atoms with E-state index < -0.39 is 0 Å². The average molecular weight is 368 g/mol. The Morgan fingerprint density at radius 3 is 2.63 bits per heavy atom. The highest BCUT2D eigenvalue weighted by Gasteiger charge is 2.24. The van der Waals surface area contributed by atoms with E-state index in [1.165, 1.54) is 0 Å². The van der Waals surface area contributed by atoms with E-state index >= 15 is 0 Å². The first-order valence-electron chi connectivity index (χ1n) is 9.18. The van der Waals surface area contributed by atoms with Crippen LogP contribution in [0, 0.1) is 0 Å². The summed E-state index contributed by atoms with van der Waals surface area (Å²) in [5.74, 6) is 1.45. The predicted octanol–water partition coefficient (Wildman–Crippen LogP) is 1.88. The van der Waals surface area contributed by atoms with Crippen LogP contribution in [-0.4, -0.2) is 69.3 Å². The lowest BCUT2D eigenvalue weighted by Crippen LogP contribution is -2.48. The number of piperazine rings is 1. The molecule has 0 N–H and O–H groups in total. The highest BCUT2D eigenvalue weighted by Crippen LogP contribution is 2.32. The first-order valence-corrected chi connectivity index (χ1v) is 9.18. The molecule has 0 atom stereocenters. The van der Waals surface area contributed by atoms with Gasteiger partial charge in [-0.05, 0) is 24.3 Å². The number of methoxy groups -OCH3 is 1. The van der Waals surface area contributed by atoms with Crippen LogP contribution in [0.15, 0.2) is 36.5 Å². The summed E-state index contributed by atoms with van der Waals surface area (Å²) in [4.78, 5) is 23.5. The number of anilines is 2. The van der Waals surface area contributed by atoms with Crippen molar-refractivity contribution in [2.45, 2.75) is 0 Å². The summed E-state index contributed by atoms with van der Waals surface area (Å²) >= 11 is 0. The van der Waals surface area contributed by atoms with Crippen molar-refractivity contribution < 1.29 is 14.3 Å². The highest BCUT2D eigenvalue weighted by atomic mass is 16.5. The molecular weight excluding hydrogens is 344 g/mol. The van der Waals surface area contributed by atoms with Crippen LogP contribution in [0.1, 0.15) is 10.4 Å². The fraction of sp³-hybridized carbons (Fsp3) is 0.400. The Bertz CT molecular complexity index is 816. The number of ether oxygens (including phenoxy) is 2. The predicted molar refractivity (Wildman–Crippen MR) is 104 cm³/mol. The van der Waals surface area contributed by atoms with Gasteiger partial charge in [-0.25, -0.2) is 4.98 Å². The maximum Gasteiger partial charge on any atom is 0.254 e. The van der Waals surface area contributed by atoms with Crippen molar-refractivity contribution in [3.8, 4) is 11.6 Å². The number of nitrogens with zero attached hydrogens (tertiary/aromatic N) is 4. The number of carbonyl (C=O) groups excluding carboxylic acids is 1. The Morgan fingerprint density at radius 1 is 1.11 bits per heavy atom. The van der Waals surface area contributed by atoms with Gasteiger partial charge in [0.2, 0.25) is 5.88 Å². The summed E-state index contributed by atoms with van der Waals surface area (Å²) in [6, 6.07) is 9.60. The molecule has 0 spiro atoms. The number of rotatable bonds is 3. The van der Waals surface area contributed by atoms with Crippen molar-refractivity contribution in [3.05, 3.63) is 42.1 Å². The third kappa shape index (κ3) is 3.49. The zero-order valence-corrected chi connectivity index (χ0v) is 15.7. The van der Waals surface area contributed by atoms with Crippen LogP contribution in [0.3, 0.4) is 0 Å². The molecule has 142 valence electrons. The topological polar surface area (TPSA) is 58.1 Å². The van der Waals surface area contributed by atoms with E-state index in [2.05, 4.69) is 14.8 Å². The molecule has 0 radical (unpaired) electrons. The number of aromatic nitrogens is 1. The standard InChI is InChI=1S/C20H24N4O3/c1-22-11-12-27-18-13-15(3-5-17(18)22)20(25)24-9-7-23(8-10-24)16-4-6-19(26-2)21-14-16/h3-6,13-14H,7-12H2,1-2H3. The van der Waals surface area contributed by atoms with Crippen LogP contribution in [0.4, 0.5) is 11.4 Å². The van der Waals surface area contributed by atoms with E-state index in [9.17, 15) is 4.79 Å². The van der Waals surface area contributed by atoms with Crippen LogP contribution < -0.4 is 19.3 Å². The molecule has 2 aromatic rings. The van der Waals surface area contributed by atoms with Gasteiger partial charge in [-0.3, -0.25) is 4.79 Å². The Kier molecular flexibility index (Phi) is 4.75. The number of amides is 1. The van der Waals surface area contributed by atoms with Crippen LogP contribution >= 0.6 is 0 Å². The quantitative estimate of drug-likeness (QED) is 0.825. The van der Waals surface area contributed by atoms with Crippen molar-refractivity contribution in [2.75, 3.05) is 63.3 Å². The SMILES string of the molecule is COc1ccc(N2CCN(C(=O)c3ccc4c(c3)OCCN4C)CC2)cn1. The van der Waals surface area contributed by atoms with Gasteiger partial charge in [0.15, 0.2) is 0 Å². The molecule has 1 saturated heterocycles. The Morgan fingerprint density at radius 2 is 1.93 bits per heavy atom. The molecule has 3 heterocycles. The van der Waals surface area contributed by atoms with Crippen LogP contribution in [0.25, 0.3) is 0 Å². The zero-order chi connectivity index (χ0) is 18.8. The van der Waals surface area contributed by atoms with Gasteiger partial charge in [0.25, 0.3) is 5.91 Å². The summed E-state index contributed by atoms with van der Waals surface area (Å²) in [5.41, 5.74) is 2.77. The third-order valence-corrected chi connectivity index (χ3v) is 5.16. The molecule has 0 saturated carbocycles. The normalized spacial score (nSPS) is 16.6.